The number of likely N-dealkylation sites (tertiary alicyclic amines) is 1. The molecule has 38 heavy (non-hydrogen) atoms. The van der Waals surface area contributed by atoms with E-state index in [0.29, 0.717) is 62.6 Å². The molecule has 5 rings (SSSR count). The lowest BCUT2D eigenvalue weighted by Gasteiger charge is -2.37. The van der Waals surface area contributed by atoms with Gasteiger partial charge in [0, 0.05) is 31.7 Å². The van der Waals surface area contributed by atoms with Gasteiger partial charge in [-0.3, -0.25) is 9.69 Å². The van der Waals surface area contributed by atoms with Gasteiger partial charge in [0.2, 0.25) is 5.91 Å². The van der Waals surface area contributed by atoms with Crippen LogP contribution < -0.4 is 4.90 Å². The van der Waals surface area contributed by atoms with Crippen molar-refractivity contribution < 1.29 is 23.6 Å². The molecule has 1 aliphatic carbocycles. The summed E-state index contributed by atoms with van der Waals surface area (Å²) in [6, 6.07) is 6.90. The molecule has 0 unspecified atom stereocenters. The van der Waals surface area contributed by atoms with Gasteiger partial charge in [-0.15, -0.1) is 5.06 Å². The summed E-state index contributed by atoms with van der Waals surface area (Å²) in [4.78, 5) is 35.2. The standard InChI is InChI=1S/C30H44FN3O4/c1-21-6-5-16-33(21)24-10-7-22(8-11-24)23-9-12-26(25(31)20-23)34-19-15-30(27(34)35)13-17-32(18-14-30)38-28(36)37-29(2,3)4/h9,12,20-22,24H,5-8,10-11,13-19H2,1-4H3/t21-,22?,24?/m1/s1. The number of ether oxygens (including phenoxy) is 1. The number of anilines is 1. The molecule has 1 saturated carbocycles. The molecule has 0 bridgehead atoms. The summed E-state index contributed by atoms with van der Waals surface area (Å²) in [5, 5.41) is 1.57. The average Bonchev–Trinajstić information content (AvgIpc) is 3.43. The van der Waals surface area contributed by atoms with Crippen LogP contribution in [0.2, 0.25) is 0 Å². The SMILES string of the molecule is C[C@@H]1CCCN1C1CCC(c2ccc(N3CCC4(CCN(OC(=O)OC(C)(C)C)CC4)C3=O)c(F)c2)CC1. The highest BCUT2D eigenvalue weighted by atomic mass is 19.1. The van der Waals surface area contributed by atoms with Crippen LogP contribution in [0, 0.1) is 11.2 Å². The summed E-state index contributed by atoms with van der Waals surface area (Å²) in [7, 11) is 0. The Morgan fingerprint density at radius 1 is 1.00 bits per heavy atom. The van der Waals surface area contributed by atoms with Crippen molar-refractivity contribution in [3.05, 3.63) is 29.6 Å². The molecular formula is C30H44FN3O4. The third-order valence-corrected chi connectivity index (χ3v) is 9.29. The van der Waals surface area contributed by atoms with Gasteiger partial charge in [0.15, 0.2) is 0 Å². The van der Waals surface area contributed by atoms with E-state index >= 15 is 4.39 Å². The number of carbonyl (C=O) groups excluding carboxylic acids is 2. The molecule has 4 aliphatic rings. The van der Waals surface area contributed by atoms with E-state index in [0.717, 1.165) is 18.4 Å². The number of carbonyl (C=O) groups is 2. The monoisotopic (exact) mass is 529 g/mol. The highest BCUT2D eigenvalue weighted by Gasteiger charge is 2.49. The lowest BCUT2D eigenvalue weighted by molar-refractivity contribution is -0.166. The molecule has 4 fully saturated rings. The van der Waals surface area contributed by atoms with Gasteiger partial charge in [0.1, 0.15) is 11.4 Å². The topological polar surface area (TPSA) is 62.3 Å². The molecule has 1 spiro atoms. The number of hydrogen-bond acceptors (Lipinski definition) is 6. The van der Waals surface area contributed by atoms with Crippen molar-refractivity contribution >= 4 is 17.7 Å². The first kappa shape index (κ1) is 27.4. The van der Waals surface area contributed by atoms with E-state index in [2.05, 4.69) is 11.8 Å². The van der Waals surface area contributed by atoms with Crippen LogP contribution in [0.5, 0.6) is 0 Å². The first-order valence-corrected chi connectivity index (χ1v) is 14.6. The Balaban J connectivity index is 1.16. The third-order valence-electron chi connectivity index (χ3n) is 9.29. The summed E-state index contributed by atoms with van der Waals surface area (Å²) >= 11 is 0. The van der Waals surface area contributed by atoms with Crippen LogP contribution in [-0.4, -0.2) is 65.9 Å². The van der Waals surface area contributed by atoms with E-state index in [1.807, 2.05) is 12.1 Å². The van der Waals surface area contributed by atoms with Gasteiger partial charge in [0.25, 0.3) is 0 Å². The Kier molecular flexibility index (Phi) is 7.75. The fourth-order valence-corrected chi connectivity index (χ4v) is 7.13. The Labute approximate surface area is 226 Å². The van der Waals surface area contributed by atoms with Gasteiger partial charge >= 0.3 is 6.16 Å². The highest BCUT2D eigenvalue weighted by Crippen LogP contribution is 2.44. The molecule has 1 atom stereocenters. The molecule has 3 saturated heterocycles. The minimum absolute atomic E-state index is 0.0127. The molecule has 0 radical (unpaired) electrons. The van der Waals surface area contributed by atoms with Crippen LogP contribution in [0.1, 0.15) is 97.0 Å². The van der Waals surface area contributed by atoms with Crippen LogP contribution in [0.15, 0.2) is 18.2 Å². The lowest BCUT2D eigenvalue weighted by Crippen LogP contribution is -2.45. The van der Waals surface area contributed by atoms with Crippen molar-refractivity contribution in [2.24, 2.45) is 5.41 Å². The molecule has 1 aromatic carbocycles. The largest absolute Gasteiger partial charge is 0.528 e. The van der Waals surface area contributed by atoms with E-state index in [1.165, 1.54) is 32.2 Å². The Morgan fingerprint density at radius 3 is 2.29 bits per heavy atom. The second kappa shape index (κ2) is 10.8. The summed E-state index contributed by atoms with van der Waals surface area (Å²) in [5.74, 6) is 0.0813. The maximum absolute atomic E-state index is 15.4. The van der Waals surface area contributed by atoms with Gasteiger partial charge in [-0.05, 0) is 116 Å². The molecule has 3 heterocycles. The second-order valence-electron chi connectivity index (χ2n) is 12.9. The lowest BCUT2D eigenvalue weighted by atomic mass is 9.77. The van der Waals surface area contributed by atoms with Gasteiger partial charge in [-0.1, -0.05) is 6.07 Å². The quantitative estimate of drug-likeness (QED) is 0.445. The minimum Gasteiger partial charge on any atom is -0.427 e. The normalized spacial score (nSPS) is 28.7. The maximum Gasteiger partial charge on any atom is 0.528 e. The number of nitrogens with zero attached hydrogens (tertiary/aromatic N) is 3. The van der Waals surface area contributed by atoms with Crippen LogP contribution in [0.4, 0.5) is 14.9 Å². The summed E-state index contributed by atoms with van der Waals surface area (Å²) in [6.45, 7) is 10.4. The van der Waals surface area contributed by atoms with Crippen molar-refractivity contribution in [2.75, 3.05) is 31.1 Å². The van der Waals surface area contributed by atoms with Gasteiger partial charge in [-0.2, -0.15) is 0 Å². The average molecular weight is 530 g/mol. The number of benzene rings is 1. The molecule has 3 aliphatic heterocycles. The molecule has 0 aromatic heterocycles. The van der Waals surface area contributed by atoms with Crippen LogP contribution in [-0.2, 0) is 14.4 Å². The molecule has 8 heteroatoms. The van der Waals surface area contributed by atoms with Crippen LogP contribution in [0.25, 0.3) is 0 Å². The van der Waals surface area contributed by atoms with E-state index in [9.17, 15) is 9.59 Å². The summed E-state index contributed by atoms with van der Waals surface area (Å²) < 4.78 is 20.6. The number of halogens is 1. The number of rotatable bonds is 4. The van der Waals surface area contributed by atoms with Crippen molar-refractivity contribution in [3.63, 3.8) is 0 Å². The predicted octanol–water partition coefficient (Wildman–Crippen LogP) is 6.02. The smallest absolute Gasteiger partial charge is 0.427 e. The summed E-state index contributed by atoms with van der Waals surface area (Å²) in [5.41, 5.74) is 0.307. The number of hydrogen-bond donors (Lipinski definition) is 0. The molecular weight excluding hydrogens is 485 g/mol. The van der Waals surface area contributed by atoms with Gasteiger partial charge in [-0.25, -0.2) is 9.18 Å². The second-order valence-corrected chi connectivity index (χ2v) is 12.9. The number of amides is 1. The van der Waals surface area contributed by atoms with E-state index in [4.69, 9.17) is 9.57 Å². The van der Waals surface area contributed by atoms with Crippen LogP contribution >= 0.6 is 0 Å². The maximum atomic E-state index is 15.4. The van der Waals surface area contributed by atoms with Crippen molar-refractivity contribution in [2.45, 2.75) is 109 Å². The number of hydroxylamine groups is 2. The molecule has 1 aromatic rings. The predicted molar refractivity (Wildman–Crippen MR) is 144 cm³/mol. The van der Waals surface area contributed by atoms with Crippen molar-refractivity contribution in [1.29, 1.82) is 0 Å². The number of piperidine rings is 1. The zero-order chi connectivity index (χ0) is 27.1. The Hall–Kier alpha value is -2.19. The summed E-state index contributed by atoms with van der Waals surface area (Å²) in [6.07, 6.45) is 8.28. The third kappa shape index (κ3) is 5.71. The van der Waals surface area contributed by atoms with Gasteiger partial charge < -0.3 is 14.5 Å². The Bertz CT molecular complexity index is 1020. The first-order valence-electron chi connectivity index (χ1n) is 14.6. The van der Waals surface area contributed by atoms with E-state index in [-0.39, 0.29) is 11.7 Å². The zero-order valence-corrected chi connectivity index (χ0v) is 23.5. The van der Waals surface area contributed by atoms with Crippen molar-refractivity contribution in [3.8, 4) is 0 Å². The van der Waals surface area contributed by atoms with Crippen molar-refractivity contribution in [1.82, 2.24) is 9.96 Å². The molecule has 1 amide bonds. The fraction of sp³-hybridized carbons (Fsp3) is 0.733. The Morgan fingerprint density at radius 2 is 1.68 bits per heavy atom. The van der Waals surface area contributed by atoms with E-state index in [1.54, 1.807) is 36.8 Å². The van der Waals surface area contributed by atoms with E-state index < -0.39 is 17.2 Å². The van der Waals surface area contributed by atoms with Gasteiger partial charge in [0.05, 0.1) is 11.1 Å². The molecule has 0 N–H and O–H groups in total. The minimum atomic E-state index is -0.728. The molecule has 210 valence electrons. The van der Waals surface area contributed by atoms with Crippen LogP contribution in [0.3, 0.4) is 0 Å². The fourth-order valence-electron chi connectivity index (χ4n) is 7.13. The zero-order valence-electron chi connectivity index (χ0n) is 23.5. The highest BCUT2D eigenvalue weighted by molar-refractivity contribution is 6.00. The first-order chi connectivity index (χ1) is 18.0. The molecule has 7 nitrogen and oxygen atoms in total.